The lowest BCUT2D eigenvalue weighted by Crippen LogP contribution is -2.12. The highest BCUT2D eigenvalue weighted by molar-refractivity contribution is 6.28. The molecule has 0 amide bonds. The molecule has 0 spiro atoms. The van der Waals surface area contributed by atoms with Crippen molar-refractivity contribution in [3.05, 3.63) is 45.4 Å². The first-order valence-corrected chi connectivity index (χ1v) is 6.50. The van der Waals surface area contributed by atoms with Crippen molar-refractivity contribution in [1.82, 2.24) is 9.97 Å². The fourth-order valence-electron chi connectivity index (χ4n) is 1.94. The van der Waals surface area contributed by atoms with Crippen LogP contribution >= 0.6 is 11.6 Å². The highest BCUT2D eigenvalue weighted by Crippen LogP contribution is 2.32. The van der Waals surface area contributed by atoms with E-state index in [1.807, 2.05) is 43.3 Å². The monoisotopic (exact) mass is 307 g/mol. The van der Waals surface area contributed by atoms with Crippen molar-refractivity contribution in [2.24, 2.45) is 0 Å². The van der Waals surface area contributed by atoms with Gasteiger partial charge < -0.3 is 10.2 Å². The molecule has 1 heterocycles. The van der Waals surface area contributed by atoms with E-state index in [9.17, 15) is 10.1 Å². The van der Waals surface area contributed by atoms with E-state index in [4.69, 9.17) is 11.6 Å². The van der Waals surface area contributed by atoms with Crippen LogP contribution in [0.25, 0.3) is 0 Å². The summed E-state index contributed by atoms with van der Waals surface area (Å²) < 4.78 is 0. The van der Waals surface area contributed by atoms with E-state index in [1.165, 1.54) is 6.92 Å². The van der Waals surface area contributed by atoms with Gasteiger partial charge in [0.15, 0.2) is 0 Å². The van der Waals surface area contributed by atoms with Crippen molar-refractivity contribution in [1.29, 1.82) is 0 Å². The average Bonchev–Trinajstić information content (AvgIpc) is 2.37. The normalized spacial score (nSPS) is 10.3. The second-order valence-electron chi connectivity index (χ2n) is 4.57. The van der Waals surface area contributed by atoms with Crippen LogP contribution in [-0.4, -0.2) is 29.0 Å². The summed E-state index contributed by atoms with van der Waals surface area (Å²) >= 11 is 5.80. The Labute approximate surface area is 126 Å². The molecule has 7 nitrogen and oxygen atoms in total. The van der Waals surface area contributed by atoms with Gasteiger partial charge in [-0.1, -0.05) is 12.1 Å². The van der Waals surface area contributed by atoms with E-state index < -0.39 is 4.92 Å². The molecular weight excluding hydrogens is 294 g/mol. The van der Waals surface area contributed by atoms with E-state index in [0.717, 1.165) is 5.69 Å². The summed E-state index contributed by atoms with van der Waals surface area (Å²) in [5.41, 5.74) is 1.59. The van der Waals surface area contributed by atoms with Gasteiger partial charge in [0.25, 0.3) is 0 Å². The van der Waals surface area contributed by atoms with Crippen molar-refractivity contribution in [3.8, 4) is 0 Å². The van der Waals surface area contributed by atoms with Gasteiger partial charge in [-0.2, -0.15) is 4.98 Å². The summed E-state index contributed by atoms with van der Waals surface area (Å²) in [5, 5.41) is 14.1. The number of nitrogens with zero attached hydrogens (tertiary/aromatic N) is 4. The van der Waals surface area contributed by atoms with Crippen LogP contribution in [0.3, 0.4) is 0 Å². The lowest BCUT2D eigenvalue weighted by Gasteiger charge is -2.18. The molecule has 0 saturated carbocycles. The van der Waals surface area contributed by atoms with Gasteiger partial charge in [0.2, 0.25) is 11.1 Å². The molecule has 110 valence electrons. The van der Waals surface area contributed by atoms with E-state index >= 15 is 0 Å². The zero-order chi connectivity index (χ0) is 15.6. The summed E-state index contributed by atoms with van der Waals surface area (Å²) in [4.78, 5) is 20.3. The third-order valence-electron chi connectivity index (χ3n) is 2.85. The minimum Gasteiger partial charge on any atom is -0.376 e. The van der Waals surface area contributed by atoms with Gasteiger partial charge in [0, 0.05) is 14.1 Å². The Kier molecular flexibility index (Phi) is 4.23. The predicted molar refractivity (Wildman–Crippen MR) is 82.5 cm³/mol. The Morgan fingerprint density at radius 2 is 1.95 bits per heavy atom. The van der Waals surface area contributed by atoms with Crippen LogP contribution in [0.5, 0.6) is 0 Å². The molecule has 0 fully saturated rings. The van der Waals surface area contributed by atoms with Gasteiger partial charge in [0.1, 0.15) is 5.69 Å². The van der Waals surface area contributed by atoms with E-state index in [2.05, 4.69) is 15.3 Å². The largest absolute Gasteiger partial charge is 0.376 e. The van der Waals surface area contributed by atoms with Gasteiger partial charge in [-0.05, 0) is 30.7 Å². The van der Waals surface area contributed by atoms with Crippen LogP contribution in [-0.2, 0) is 0 Å². The van der Waals surface area contributed by atoms with Crippen LogP contribution in [0.4, 0.5) is 22.9 Å². The van der Waals surface area contributed by atoms with Crippen molar-refractivity contribution in [3.63, 3.8) is 0 Å². The number of hydrogen-bond acceptors (Lipinski definition) is 6. The SMILES string of the molecule is Cc1nc(Cl)nc(Nc2ccccc2N(C)C)c1[N+](=O)[O-]. The molecule has 1 aromatic heterocycles. The van der Waals surface area contributed by atoms with Gasteiger partial charge >= 0.3 is 5.69 Å². The second kappa shape index (κ2) is 5.92. The molecule has 2 aromatic rings. The molecule has 0 aliphatic heterocycles. The molecule has 2 rings (SSSR count). The highest BCUT2D eigenvalue weighted by Gasteiger charge is 2.22. The minimum absolute atomic E-state index is 0.0389. The number of hydrogen-bond donors (Lipinski definition) is 1. The first-order valence-electron chi connectivity index (χ1n) is 6.12. The Bertz CT molecular complexity index is 690. The number of rotatable bonds is 4. The number of nitrogens with one attached hydrogen (secondary N) is 1. The zero-order valence-corrected chi connectivity index (χ0v) is 12.5. The molecule has 8 heteroatoms. The molecule has 21 heavy (non-hydrogen) atoms. The molecule has 0 aliphatic carbocycles. The van der Waals surface area contributed by atoms with Gasteiger partial charge in [-0.25, -0.2) is 4.98 Å². The smallest absolute Gasteiger partial charge is 0.332 e. The number of para-hydroxylation sites is 2. The molecule has 1 aromatic carbocycles. The second-order valence-corrected chi connectivity index (χ2v) is 4.91. The van der Waals surface area contributed by atoms with Crippen LogP contribution in [0.15, 0.2) is 24.3 Å². The molecule has 1 N–H and O–H groups in total. The maximum absolute atomic E-state index is 11.2. The van der Waals surface area contributed by atoms with E-state index in [1.54, 1.807) is 0 Å². The number of nitro groups is 1. The Morgan fingerprint density at radius 3 is 2.57 bits per heavy atom. The van der Waals surface area contributed by atoms with Crippen molar-refractivity contribution in [2.75, 3.05) is 24.3 Å². The van der Waals surface area contributed by atoms with E-state index in [0.29, 0.717) is 5.69 Å². The van der Waals surface area contributed by atoms with Crippen LogP contribution < -0.4 is 10.2 Å². The van der Waals surface area contributed by atoms with Gasteiger partial charge in [-0.15, -0.1) is 0 Å². The Balaban J connectivity index is 2.52. The predicted octanol–water partition coefficient (Wildman–Crippen LogP) is 3.16. The molecule has 0 atom stereocenters. The number of halogens is 1. The van der Waals surface area contributed by atoms with Crippen molar-refractivity contribution >= 4 is 34.5 Å². The number of anilines is 3. The fourth-order valence-corrected chi connectivity index (χ4v) is 2.15. The minimum atomic E-state index is -0.522. The maximum atomic E-state index is 11.2. The number of benzene rings is 1. The van der Waals surface area contributed by atoms with Gasteiger partial charge in [0.05, 0.1) is 16.3 Å². The number of aromatic nitrogens is 2. The zero-order valence-electron chi connectivity index (χ0n) is 11.8. The standard InChI is InChI=1S/C13H14ClN5O2/c1-8-11(19(20)21)12(17-13(14)15-8)16-9-6-4-5-7-10(9)18(2)3/h4-7H,1-3H3,(H,15,16,17). The summed E-state index contributed by atoms with van der Waals surface area (Å²) in [6.45, 7) is 1.52. The first-order chi connectivity index (χ1) is 9.90. The third-order valence-corrected chi connectivity index (χ3v) is 3.02. The van der Waals surface area contributed by atoms with Crippen LogP contribution in [0.2, 0.25) is 5.28 Å². The topological polar surface area (TPSA) is 84.2 Å². The maximum Gasteiger partial charge on any atom is 0.332 e. The van der Waals surface area contributed by atoms with Crippen molar-refractivity contribution in [2.45, 2.75) is 6.92 Å². The lowest BCUT2D eigenvalue weighted by molar-refractivity contribution is -0.385. The molecule has 0 bridgehead atoms. The first kappa shape index (κ1) is 15.0. The van der Waals surface area contributed by atoms with Crippen molar-refractivity contribution < 1.29 is 4.92 Å². The van der Waals surface area contributed by atoms with Crippen LogP contribution in [0.1, 0.15) is 5.69 Å². The molecular formula is C13H14ClN5O2. The summed E-state index contributed by atoms with van der Waals surface area (Å²) in [6, 6.07) is 7.41. The fraction of sp³-hybridized carbons (Fsp3) is 0.231. The molecule has 0 saturated heterocycles. The summed E-state index contributed by atoms with van der Waals surface area (Å²) in [5.74, 6) is 0.0757. The number of aryl methyl sites for hydroxylation is 1. The Hall–Kier alpha value is -2.41. The molecule has 0 radical (unpaired) electrons. The summed E-state index contributed by atoms with van der Waals surface area (Å²) in [7, 11) is 3.76. The van der Waals surface area contributed by atoms with Gasteiger partial charge in [-0.3, -0.25) is 10.1 Å². The van der Waals surface area contributed by atoms with E-state index in [-0.39, 0.29) is 22.5 Å². The molecule has 0 aliphatic rings. The third kappa shape index (κ3) is 3.19. The average molecular weight is 308 g/mol. The summed E-state index contributed by atoms with van der Waals surface area (Å²) in [6.07, 6.45) is 0. The Morgan fingerprint density at radius 1 is 1.29 bits per heavy atom. The lowest BCUT2D eigenvalue weighted by atomic mass is 10.2. The van der Waals surface area contributed by atoms with Crippen LogP contribution in [0, 0.1) is 17.0 Å². The molecule has 0 unspecified atom stereocenters. The highest BCUT2D eigenvalue weighted by atomic mass is 35.5. The quantitative estimate of drug-likeness (QED) is 0.530.